The third kappa shape index (κ3) is 2.41. The summed E-state index contributed by atoms with van der Waals surface area (Å²) >= 11 is 0. The predicted octanol–water partition coefficient (Wildman–Crippen LogP) is 2.16. The van der Waals surface area contributed by atoms with Gasteiger partial charge in [-0.05, 0) is 34.1 Å². The Bertz CT molecular complexity index is 425. The van der Waals surface area contributed by atoms with Crippen molar-refractivity contribution in [1.29, 1.82) is 0 Å². The summed E-state index contributed by atoms with van der Waals surface area (Å²) in [4.78, 5) is 8.45. The van der Waals surface area contributed by atoms with Gasteiger partial charge in [-0.2, -0.15) is 0 Å². The fourth-order valence-corrected chi connectivity index (χ4v) is 2.11. The molecule has 1 fully saturated rings. The average molecular weight is 251 g/mol. The fraction of sp³-hybridized carbons (Fsp3) is 0.692. The summed E-state index contributed by atoms with van der Waals surface area (Å²) in [5, 5.41) is 3.48. The highest BCUT2D eigenvalue weighted by Gasteiger charge is 2.37. The lowest BCUT2D eigenvalue weighted by Crippen LogP contribution is -2.41. The van der Waals surface area contributed by atoms with Gasteiger partial charge < -0.3 is 14.8 Å². The van der Waals surface area contributed by atoms with Gasteiger partial charge in [0.25, 0.3) is 0 Å². The third-order valence-electron chi connectivity index (χ3n) is 3.61. The van der Waals surface area contributed by atoms with Crippen LogP contribution in [0.5, 0.6) is 5.88 Å². The first-order valence-corrected chi connectivity index (χ1v) is 6.41. The predicted molar refractivity (Wildman–Crippen MR) is 70.0 cm³/mol. The second kappa shape index (κ2) is 5.10. The van der Waals surface area contributed by atoms with Crippen molar-refractivity contribution >= 4 is 5.82 Å². The fourth-order valence-electron chi connectivity index (χ4n) is 2.11. The molecular formula is C13H21N3O2. The largest absolute Gasteiger partial charge is 0.478 e. The van der Waals surface area contributed by atoms with E-state index in [0.717, 1.165) is 24.4 Å². The Morgan fingerprint density at radius 3 is 2.94 bits per heavy atom. The van der Waals surface area contributed by atoms with Gasteiger partial charge in [-0.25, -0.2) is 9.97 Å². The van der Waals surface area contributed by atoms with Crippen LogP contribution >= 0.6 is 0 Å². The molecule has 2 atom stereocenters. The zero-order valence-corrected chi connectivity index (χ0v) is 11.5. The zero-order valence-electron chi connectivity index (χ0n) is 11.5. The average Bonchev–Trinajstić information content (AvgIpc) is 2.65. The highest BCUT2D eigenvalue weighted by molar-refractivity contribution is 5.49. The summed E-state index contributed by atoms with van der Waals surface area (Å²) in [6, 6.07) is 0. The molecular weight excluding hydrogens is 230 g/mol. The summed E-state index contributed by atoms with van der Waals surface area (Å²) in [7, 11) is 0. The summed E-state index contributed by atoms with van der Waals surface area (Å²) in [5.41, 5.74) is 0.863. The molecule has 1 N–H and O–H groups in total. The summed E-state index contributed by atoms with van der Waals surface area (Å²) in [6.07, 6.45) is 2.67. The minimum atomic E-state index is -0.0808. The van der Waals surface area contributed by atoms with Crippen LogP contribution in [0.1, 0.15) is 32.8 Å². The monoisotopic (exact) mass is 251 g/mol. The molecule has 0 bridgehead atoms. The van der Waals surface area contributed by atoms with Gasteiger partial charge in [0.15, 0.2) is 0 Å². The standard InChI is InChI=1S/C13H21N3O2/c1-5-17-12-9(2)11(14-8-15-12)16-13(4)6-7-18-10(13)3/h8,10H,5-7H2,1-4H3,(H,14,15,16). The molecule has 0 amide bonds. The molecule has 5 nitrogen and oxygen atoms in total. The number of hydrogen-bond acceptors (Lipinski definition) is 5. The Morgan fingerprint density at radius 2 is 2.33 bits per heavy atom. The van der Waals surface area contributed by atoms with Gasteiger partial charge in [0.05, 0.1) is 23.8 Å². The Labute approximate surface area is 108 Å². The lowest BCUT2D eigenvalue weighted by Gasteiger charge is -2.30. The maximum atomic E-state index is 5.62. The van der Waals surface area contributed by atoms with Crippen LogP contribution in [0.4, 0.5) is 5.82 Å². The second-order valence-corrected chi connectivity index (χ2v) is 4.89. The first-order valence-electron chi connectivity index (χ1n) is 6.41. The SMILES string of the molecule is CCOc1ncnc(NC2(C)CCOC2C)c1C. The van der Waals surface area contributed by atoms with Gasteiger partial charge in [-0.1, -0.05) is 0 Å². The van der Waals surface area contributed by atoms with E-state index in [-0.39, 0.29) is 11.6 Å². The van der Waals surface area contributed by atoms with Gasteiger partial charge in [0.1, 0.15) is 12.1 Å². The van der Waals surface area contributed by atoms with E-state index < -0.39 is 0 Å². The molecule has 1 aliphatic heterocycles. The first kappa shape index (κ1) is 13.1. The number of aromatic nitrogens is 2. The van der Waals surface area contributed by atoms with Gasteiger partial charge in [0.2, 0.25) is 5.88 Å². The highest BCUT2D eigenvalue weighted by atomic mass is 16.5. The molecule has 5 heteroatoms. The summed E-state index contributed by atoms with van der Waals surface area (Å²) in [6.45, 7) is 9.55. The Kier molecular flexibility index (Phi) is 3.71. The smallest absolute Gasteiger partial charge is 0.221 e. The first-order chi connectivity index (χ1) is 8.57. The molecule has 0 radical (unpaired) electrons. The molecule has 18 heavy (non-hydrogen) atoms. The van der Waals surface area contributed by atoms with Crippen LogP contribution in [0.3, 0.4) is 0 Å². The van der Waals surface area contributed by atoms with Crippen LogP contribution < -0.4 is 10.1 Å². The lowest BCUT2D eigenvalue weighted by molar-refractivity contribution is 0.105. The number of anilines is 1. The molecule has 1 aliphatic rings. The van der Waals surface area contributed by atoms with E-state index in [4.69, 9.17) is 9.47 Å². The third-order valence-corrected chi connectivity index (χ3v) is 3.61. The van der Waals surface area contributed by atoms with E-state index in [1.165, 1.54) is 6.33 Å². The topological polar surface area (TPSA) is 56.3 Å². The molecule has 1 aromatic heterocycles. The van der Waals surface area contributed by atoms with E-state index in [2.05, 4.69) is 29.1 Å². The van der Waals surface area contributed by atoms with Crippen LogP contribution in [0.25, 0.3) is 0 Å². The number of rotatable bonds is 4. The van der Waals surface area contributed by atoms with Crippen molar-refractivity contribution in [3.8, 4) is 5.88 Å². The zero-order chi connectivity index (χ0) is 13.2. The summed E-state index contributed by atoms with van der Waals surface area (Å²) in [5.74, 6) is 1.47. The molecule has 2 heterocycles. The molecule has 1 saturated heterocycles. The number of nitrogens with zero attached hydrogens (tertiary/aromatic N) is 2. The van der Waals surface area contributed by atoms with Crippen molar-refractivity contribution in [3.05, 3.63) is 11.9 Å². The van der Waals surface area contributed by atoms with Crippen molar-refractivity contribution in [1.82, 2.24) is 9.97 Å². The molecule has 0 aliphatic carbocycles. The molecule has 100 valence electrons. The van der Waals surface area contributed by atoms with Crippen molar-refractivity contribution < 1.29 is 9.47 Å². The van der Waals surface area contributed by atoms with E-state index in [9.17, 15) is 0 Å². The maximum absolute atomic E-state index is 5.62. The maximum Gasteiger partial charge on any atom is 0.221 e. The minimum Gasteiger partial charge on any atom is -0.478 e. The highest BCUT2D eigenvalue weighted by Crippen LogP contribution is 2.31. The van der Waals surface area contributed by atoms with E-state index in [0.29, 0.717) is 12.5 Å². The van der Waals surface area contributed by atoms with Gasteiger partial charge in [0, 0.05) is 6.61 Å². The number of hydrogen-bond donors (Lipinski definition) is 1. The normalized spacial score (nSPS) is 27.2. The van der Waals surface area contributed by atoms with Gasteiger partial charge in [-0.15, -0.1) is 0 Å². The molecule has 2 unspecified atom stereocenters. The van der Waals surface area contributed by atoms with Crippen LogP contribution in [0.2, 0.25) is 0 Å². The van der Waals surface area contributed by atoms with Gasteiger partial charge in [-0.3, -0.25) is 0 Å². The van der Waals surface area contributed by atoms with Crippen molar-refractivity contribution in [2.45, 2.75) is 45.8 Å². The molecule has 1 aromatic rings. The quantitative estimate of drug-likeness (QED) is 0.888. The van der Waals surface area contributed by atoms with Crippen molar-refractivity contribution in [2.75, 3.05) is 18.5 Å². The molecule has 2 rings (SSSR count). The Morgan fingerprint density at radius 1 is 1.56 bits per heavy atom. The molecule has 0 spiro atoms. The number of nitrogens with one attached hydrogen (secondary N) is 1. The number of ether oxygens (including phenoxy) is 2. The van der Waals surface area contributed by atoms with Crippen LogP contribution in [0, 0.1) is 6.92 Å². The van der Waals surface area contributed by atoms with Crippen molar-refractivity contribution in [2.24, 2.45) is 0 Å². The van der Waals surface area contributed by atoms with Crippen LogP contribution in [0.15, 0.2) is 6.33 Å². The molecule has 0 saturated carbocycles. The van der Waals surface area contributed by atoms with Gasteiger partial charge >= 0.3 is 0 Å². The Balaban J connectivity index is 2.21. The summed E-state index contributed by atoms with van der Waals surface area (Å²) < 4.78 is 11.1. The minimum absolute atomic E-state index is 0.0808. The van der Waals surface area contributed by atoms with E-state index in [1.807, 2.05) is 13.8 Å². The molecule has 0 aromatic carbocycles. The lowest BCUT2D eigenvalue weighted by atomic mass is 9.94. The van der Waals surface area contributed by atoms with Crippen LogP contribution in [-0.4, -0.2) is 34.8 Å². The second-order valence-electron chi connectivity index (χ2n) is 4.89. The van der Waals surface area contributed by atoms with E-state index in [1.54, 1.807) is 0 Å². The van der Waals surface area contributed by atoms with Crippen LogP contribution in [-0.2, 0) is 4.74 Å². The van der Waals surface area contributed by atoms with Crippen molar-refractivity contribution in [3.63, 3.8) is 0 Å². The Hall–Kier alpha value is -1.36. The van der Waals surface area contributed by atoms with E-state index >= 15 is 0 Å².